The molecule has 1 N–H and O–H groups in total. The van der Waals surface area contributed by atoms with Crippen LogP contribution in [0.5, 0.6) is 0 Å². The topological polar surface area (TPSA) is 76.9 Å². The fraction of sp³-hybridized carbons (Fsp3) is 0.0909. The van der Waals surface area contributed by atoms with Crippen molar-refractivity contribution >= 4 is 27.6 Å². The van der Waals surface area contributed by atoms with Gasteiger partial charge in [0.25, 0.3) is 10.0 Å². The molecule has 0 aliphatic heterocycles. The van der Waals surface area contributed by atoms with E-state index in [-0.39, 0.29) is 29.0 Å². The summed E-state index contributed by atoms with van der Waals surface area (Å²) in [5.74, 6) is -0.0344. The molecule has 31 heavy (non-hydrogen) atoms. The van der Waals surface area contributed by atoms with Crippen molar-refractivity contribution in [2.45, 2.75) is 18.4 Å². The van der Waals surface area contributed by atoms with Crippen LogP contribution in [0, 0.1) is 12.7 Å². The monoisotopic (exact) mass is 456 g/mol. The van der Waals surface area contributed by atoms with Crippen LogP contribution in [0.4, 0.5) is 10.3 Å². The van der Waals surface area contributed by atoms with E-state index in [1.54, 1.807) is 12.1 Å². The fourth-order valence-corrected chi connectivity index (χ4v) is 4.21. The third-order valence-corrected chi connectivity index (χ3v) is 6.42. The molecule has 0 aliphatic rings. The second-order valence-electron chi connectivity index (χ2n) is 6.91. The van der Waals surface area contributed by atoms with Crippen molar-refractivity contribution in [1.82, 2.24) is 14.2 Å². The first-order chi connectivity index (χ1) is 14.8. The predicted molar refractivity (Wildman–Crippen MR) is 118 cm³/mol. The van der Waals surface area contributed by atoms with Crippen LogP contribution in [-0.4, -0.2) is 22.6 Å². The molecule has 0 unspecified atom stereocenters. The first kappa shape index (κ1) is 21.0. The largest absolute Gasteiger partial charge is 0.349 e. The maximum atomic E-state index is 13.2. The molecule has 9 heteroatoms. The number of aryl methyl sites for hydroxylation is 1. The Morgan fingerprint density at radius 2 is 1.61 bits per heavy atom. The van der Waals surface area contributed by atoms with E-state index >= 15 is 0 Å². The second kappa shape index (κ2) is 8.49. The van der Waals surface area contributed by atoms with Crippen LogP contribution in [0.3, 0.4) is 0 Å². The standard InChI is InChI=1S/C22H18ClFN4O2S/c1-15-2-6-17(7-3-15)21-26-22(25-14-16-4-10-19(24)11-5-16)28(27-21)31(29,30)20-12-8-18(23)9-13-20/h2-13H,14H2,1H3,(H,25,26,27). The molecule has 1 heterocycles. The highest BCUT2D eigenvalue weighted by atomic mass is 35.5. The maximum absolute atomic E-state index is 13.2. The van der Waals surface area contributed by atoms with Gasteiger partial charge < -0.3 is 5.32 Å². The van der Waals surface area contributed by atoms with Crippen LogP contribution in [0.15, 0.2) is 77.7 Å². The second-order valence-corrected chi connectivity index (χ2v) is 9.11. The van der Waals surface area contributed by atoms with E-state index in [0.29, 0.717) is 10.6 Å². The molecular weight excluding hydrogens is 439 g/mol. The number of aromatic nitrogens is 3. The van der Waals surface area contributed by atoms with Gasteiger partial charge in [-0.15, -0.1) is 9.19 Å². The maximum Gasteiger partial charge on any atom is 0.286 e. The number of hydrogen-bond donors (Lipinski definition) is 1. The third kappa shape index (κ3) is 4.60. The van der Waals surface area contributed by atoms with Gasteiger partial charge in [0.1, 0.15) is 5.82 Å². The Labute approximate surface area is 184 Å². The number of rotatable bonds is 6. The first-order valence-electron chi connectivity index (χ1n) is 9.36. The van der Waals surface area contributed by atoms with Gasteiger partial charge in [0, 0.05) is 17.1 Å². The molecule has 0 radical (unpaired) electrons. The van der Waals surface area contributed by atoms with Crippen LogP contribution in [0.2, 0.25) is 5.02 Å². The minimum atomic E-state index is -4.03. The molecule has 0 spiro atoms. The Bertz CT molecular complexity index is 1300. The van der Waals surface area contributed by atoms with Crippen LogP contribution in [0.25, 0.3) is 11.4 Å². The highest BCUT2D eigenvalue weighted by Gasteiger charge is 2.24. The van der Waals surface area contributed by atoms with Crippen molar-refractivity contribution < 1.29 is 12.8 Å². The van der Waals surface area contributed by atoms with Gasteiger partial charge in [-0.3, -0.25) is 0 Å². The molecule has 1 aromatic heterocycles. The lowest BCUT2D eigenvalue weighted by molar-refractivity contribution is 0.580. The zero-order valence-electron chi connectivity index (χ0n) is 16.5. The van der Waals surface area contributed by atoms with Crippen molar-refractivity contribution in [3.63, 3.8) is 0 Å². The molecule has 0 amide bonds. The number of hydrogen-bond acceptors (Lipinski definition) is 5. The number of halogens is 2. The summed E-state index contributed by atoms with van der Waals surface area (Å²) < 4.78 is 40.5. The lowest BCUT2D eigenvalue weighted by Crippen LogP contribution is -2.18. The Morgan fingerprint density at radius 1 is 0.968 bits per heavy atom. The minimum absolute atomic E-state index is 0.0297. The predicted octanol–water partition coefficient (Wildman–Crippen LogP) is 4.90. The van der Waals surface area contributed by atoms with Gasteiger partial charge >= 0.3 is 0 Å². The summed E-state index contributed by atoms with van der Waals surface area (Å²) in [5, 5.41) is 7.69. The molecule has 4 rings (SSSR count). The first-order valence-corrected chi connectivity index (χ1v) is 11.2. The van der Waals surface area contributed by atoms with Gasteiger partial charge in [-0.25, -0.2) is 4.39 Å². The molecule has 0 bridgehead atoms. The minimum Gasteiger partial charge on any atom is -0.349 e. The normalized spacial score (nSPS) is 11.5. The van der Waals surface area contributed by atoms with Gasteiger partial charge in [0.05, 0.1) is 4.90 Å². The Morgan fingerprint density at radius 3 is 2.26 bits per heavy atom. The molecule has 0 atom stereocenters. The van der Waals surface area contributed by atoms with E-state index in [9.17, 15) is 12.8 Å². The molecule has 0 aliphatic carbocycles. The summed E-state index contributed by atoms with van der Waals surface area (Å²) >= 11 is 5.90. The summed E-state index contributed by atoms with van der Waals surface area (Å²) in [6.07, 6.45) is 0. The van der Waals surface area contributed by atoms with E-state index in [4.69, 9.17) is 11.6 Å². The van der Waals surface area contributed by atoms with Crippen molar-refractivity contribution in [3.8, 4) is 11.4 Å². The van der Waals surface area contributed by atoms with Crippen molar-refractivity contribution in [2.75, 3.05) is 5.32 Å². The van der Waals surface area contributed by atoms with Crippen molar-refractivity contribution in [2.24, 2.45) is 0 Å². The van der Waals surface area contributed by atoms with Crippen molar-refractivity contribution in [3.05, 3.63) is 94.8 Å². The summed E-state index contributed by atoms with van der Waals surface area (Å²) in [6, 6.07) is 19.2. The summed E-state index contributed by atoms with van der Waals surface area (Å²) in [5.41, 5.74) is 2.50. The Kier molecular flexibility index (Phi) is 5.75. The molecule has 4 aromatic rings. The Balaban J connectivity index is 1.74. The molecule has 0 fully saturated rings. The van der Waals surface area contributed by atoms with E-state index in [1.165, 1.54) is 36.4 Å². The lowest BCUT2D eigenvalue weighted by atomic mass is 10.1. The van der Waals surface area contributed by atoms with Crippen LogP contribution in [0.1, 0.15) is 11.1 Å². The van der Waals surface area contributed by atoms with E-state index in [0.717, 1.165) is 15.2 Å². The molecule has 158 valence electrons. The quantitative estimate of drug-likeness (QED) is 0.446. The van der Waals surface area contributed by atoms with Gasteiger partial charge in [0.15, 0.2) is 5.82 Å². The van der Waals surface area contributed by atoms with E-state index in [1.807, 2.05) is 31.2 Å². The molecule has 0 saturated carbocycles. The lowest BCUT2D eigenvalue weighted by Gasteiger charge is -2.09. The number of benzene rings is 3. The zero-order chi connectivity index (χ0) is 22.0. The highest BCUT2D eigenvalue weighted by Crippen LogP contribution is 2.24. The average Bonchev–Trinajstić information content (AvgIpc) is 3.19. The molecule has 3 aromatic carbocycles. The highest BCUT2D eigenvalue weighted by molar-refractivity contribution is 7.90. The van der Waals surface area contributed by atoms with Crippen LogP contribution < -0.4 is 5.32 Å². The molecule has 6 nitrogen and oxygen atoms in total. The van der Waals surface area contributed by atoms with Gasteiger partial charge in [0.2, 0.25) is 5.95 Å². The average molecular weight is 457 g/mol. The molecular formula is C22H18ClFN4O2S. The van der Waals surface area contributed by atoms with Gasteiger partial charge in [-0.1, -0.05) is 53.6 Å². The van der Waals surface area contributed by atoms with E-state index < -0.39 is 10.0 Å². The Hall–Kier alpha value is -3.23. The molecule has 0 saturated heterocycles. The van der Waals surface area contributed by atoms with Gasteiger partial charge in [-0.05, 0) is 48.9 Å². The summed E-state index contributed by atoms with van der Waals surface area (Å²) in [4.78, 5) is 4.44. The summed E-state index contributed by atoms with van der Waals surface area (Å²) in [7, 11) is -4.03. The number of nitrogens with one attached hydrogen (secondary N) is 1. The van der Waals surface area contributed by atoms with Gasteiger partial charge in [-0.2, -0.15) is 13.4 Å². The van der Waals surface area contributed by atoms with Crippen LogP contribution >= 0.6 is 11.6 Å². The fourth-order valence-electron chi connectivity index (χ4n) is 2.89. The third-order valence-electron chi connectivity index (χ3n) is 4.59. The number of anilines is 1. The summed E-state index contributed by atoms with van der Waals surface area (Å²) in [6.45, 7) is 2.19. The van der Waals surface area contributed by atoms with E-state index in [2.05, 4.69) is 15.4 Å². The zero-order valence-corrected chi connectivity index (χ0v) is 18.0. The van der Waals surface area contributed by atoms with Crippen LogP contribution in [-0.2, 0) is 16.6 Å². The number of nitrogens with zero attached hydrogens (tertiary/aromatic N) is 3. The SMILES string of the molecule is Cc1ccc(-c2nc(NCc3ccc(F)cc3)n(S(=O)(=O)c3ccc(Cl)cc3)n2)cc1. The van der Waals surface area contributed by atoms with Crippen molar-refractivity contribution in [1.29, 1.82) is 0 Å². The smallest absolute Gasteiger partial charge is 0.286 e.